The number of hydrogen-bond acceptors (Lipinski definition) is 4. The summed E-state index contributed by atoms with van der Waals surface area (Å²) in [6.45, 7) is 0. The monoisotopic (exact) mass is 132 g/mol. The van der Waals surface area contributed by atoms with Gasteiger partial charge < -0.3 is 0 Å². The molecule has 0 amide bonds. The fraction of sp³-hybridized carbons (Fsp3) is 0. The Morgan fingerprint density at radius 2 is 1.00 bits per heavy atom. The van der Waals surface area contributed by atoms with Crippen LogP contribution in [0.1, 0.15) is 0 Å². The van der Waals surface area contributed by atoms with Crippen molar-refractivity contribution in [3.63, 3.8) is 0 Å². The fourth-order valence-corrected chi connectivity index (χ4v) is 0. The van der Waals surface area contributed by atoms with Gasteiger partial charge in [-0.05, 0) is 0 Å². The Hall–Kier alpha value is -1.00. The molecular weight excluding hydrogens is 127 g/mol. The molecule has 50 valence electrons. The topological polar surface area (TPSA) is 138 Å². The Bertz CT molecular complexity index is 70.6. The molecule has 0 spiro atoms. The van der Waals surface area contributed by atoms with Crippen LogP contribution in [0.3, 0.4) is 0 Å². The van der Waals surface area contributed by atoms with Crippen molar-refractivity contribution in [3.05, 3.63) is 20.2 Å². The predicted molar refractivity (Wildman–Crippen MR) is 29.5 cm³/mol. The molecule has 0 aromatic rings. The predicted octanol–water partition coefficient (Wildman–Crippen LogP) is -2.37. The molecule has 0 bridgehead atoms. The molecular formula is H5LiN4O4. The van der Waals surface area contributed by atoms with Gasteiger partial charge in [-0.1, -0.05) is 0 Å². The van der Waals surface area contributed by atoms with Crippen molar-refractivity contribution in [1.82, 2.24) is 0 Å². The first kappa shape index (κ1) is 15.7. The van der Waals surface area contributed by atoms with Crippen LogP contribution in [0.15, 0.2) is 0 Å². The molecule has 0 unspecified atom stereocenters. The molecule has 4 N–H and O–H groups in total. The van der Waals surface area contributed by atoms with E-state index in [-0.39, 0.29) is 18.9 Å². The molecule has 0 aromatic heterocycles. The van der Waals surface area contributed by atoms with Gasteiger partial charge in [0, 0.05) is 0 Å². The fourth-order valence-electron chi connectivity index (χ4n) is 0. The van der Waals surface area contributed by atoms with Crippen molar-refractivity contribution < 1.29 is 10.1 Å². The Morgan fingerprint density at radius 1 is 1.00 bits per heavy atom. The molecule has 0 aromatic carbocycles. The van der Waals surface area contributed by atoms with Crippen LogP contribution >= 0.6 is 0 Å². The van der Waals surface area contributed by atoms with E-state index in [1.807, 2.05) is 0 Å². The average Bonchev–Trinajstić information content (AvgIpc) is 1.25. The first-order valence-corrected chi connectivity index (χ1v) is 1.25. The summed E-state index contributed by atoms with van der Waals surface area (Å²) in [6.07, 6.45) is 0. The molecule has 0 heterocycles. The summed E-state index contributed by atoms with van der Waals surface area (Å²) < 4.78 is 0. The second-order valence-corrected chi connectivity index (χ2v) is 0.571. The van der Waals surface area contributed by atoms with Crippen LogP contribution in [0.4, 0.5) is 0 Å². The van der Waals surface area contributed by atoms with Crippen molar-refractivity contribution in [2.24, 2.45) is 11.7 Å². The third-order valence-corrected chi connectivity index (χ3v) is 0. The Balaban J connectivity index is -0.0000000720. The van der Waals surface area contributed by atoms with Crippen molar-refractivity contribution in [1.29, 1.82) is 0 Å². The minimum atomic E-state index is -1.00. The van der Waals surface area contributed by atoms with E-state index in [9.17, 15) is 0 Å². The van der Waals surface area contributed by atoms with Gasteiger partial charge in [-0.25, -0.2) is 20.2 Å². The van der Waals surface area contributed by atoms with Gasteiger partial charge in [0.2, 0.25) is 0 Å². The number of rotatable bonds is 0. The van der Waals surface area contributed by atoms with E-state index in [4.69, 9.17) is 20.2 Å². The summed E-state index contributed by atoms with van der Waals surface area (Å²) in [5.74, 6) is 7.67. The van der Waals surface area contributed by atoms with E-state index in [0.717, 1.165) is 0 Å². The summed E-state index contributed by atoms with van der Waals surface area (Å²) >= 11 is 0. The van der Waals surface area contributed by atoms with Gasteiger partial charge >= 0.3 is 18.9 Å². The van der Waals surface area contributed by atoms with Gasteiger partial charge in [0.15, 0.2) is 10.1 Å². The Kier molecular flexibility index (Phi) is 17.6. The van der Waals surface area contributed by atoms with E-state index in [1.54, 1.807) is 0 Å². The third-order valence-electron chi connectivity index (χ3n) is 0. The van der Waals surface area contributed by atoms with Gasteiger partial charge in [-0.15, -0.1) is 0 Å². The number of nitrogens with zero attached hydrogens (tertiary/aromatic N) is 2. The zero-order valence-electron chi connectivity index (χ0n) is 3.68. The molecule has 9 heteroatoms. The number of nitro groups is 2. The van der Waals surface area contributed by atoms with Crippen LogP contribution in [0.2, 0.25) is 0 Å². The summed E-state index contributed by atoms with van der Waals surface area (Å²) in [5.41, 5.74) is 0. The van der Waals surface area contributed by atoms with Gasteiger partial charge in [-0.3, -0.25) is 0 Å². The minimum absolute atomic E-state index is 0. The van der Waals surface area contributed by atoms with Crippen molar-refractivity contribution in [2.45, 2.75) is 0 Å². The molecule has 8 nitrogen and oxygen atoms in total. The summed E-state index contributed by atoms with van der Waals surface area (Å²) in [7, 11) is 0. The van der Waals surface area contributed by atoms with Gasteiger partial charge in [0.1, 0.15) is 0 Å². The van der Waals surface area contributed by atoms with Gasteiger partial charge in [0.05, 0.1) is 0 Å². The van der Waals surface area contributed by atoms with E-state index in [2.05, 4.69) is 11.7 Å². The average molecular weight is 132 g/mol. The summed E-state index contributed by atoms with van der Waals surface area (Å²) in [4.78, 5) is 17.2. The quantitative estimate of drug-likeness (QED) is 0.163. The number of hydrogen-bond donors (Lipinski definition) is 2. The molecule has 0 saturated carbocycles. The van der Waals surface area contributed by atoms with Crippen LogP contribution in [0, 0.1) is 20.2 Å². The normalized spacial score (nSPS) is 5.33. The SMILES string of the molecule is N[N+](=O)[O-].N[N+](=O)[O-].[LiH]. The summed E-state index contributed by atoms with van der Waals surface area (Å²) in [6, 6.07) is 0. The standard InChI is InChI=1S/Li.2H2N2O2.H/c;2*1-2(3)4;/h;2*1H2;. The van der Waals surface area contributed by atoms with E-state index < -0.39 is 10.1 Å². The van der Waals surface area contributed by atoms with E-state index >= 15 is 0 Å². The molecule has 0 rings (SSSR count). The van der Waals surface area contributed by atoms with Crippen molar-refractivity contribution >= 4 is 18.9 Å². The zero-order valence-corrected chi connectivity index (χ0v) is 3.68. The van der Waals surface area contributed by atoms with Crippen LogP contribution in [-0.2, 0) is 0 Å². The second kappa shape index (κ2) is 10.1. The molecule has 0 aliphatic rings. The second-order valence-electron chi connectivity index (χ2n) is 0.571. The van der Waals surface area contributed by atoms with Crippen LogP contribution < -0.4 is 11.7 Å². The third kappa shape index (κ3) is 174. The number of nitrogens with two attached hydrogens (primary N) is 2. The molecule has 0 atom stereocenters. The molecule has 9 heavy (non-hydrogen) atoms. The Labute approximate surface area is 61.6 Å². The van der Waals surface area contributed by atoms with Crippen molar-refractivity contribution in [3.8, 4) is 0 Å². The first-order chi connectivity index (χ1) is 3.46. The molecule has 0 saturated heterocycles. The number of hydrazine groups is 2. The van der Waals surface area contributed by atoms with Crippen LogP contribution in [-0.4, -0.2) is 28.9 Å². The van der Waals surface area contributed by atoms with Gasteiger partial charge in [-0.2, -0.15) is 11.7 Å². The van der Waals surface area contributed by atoms with Crippen molar-refractivity contribution in [2.75, 3.05) is 0 Å². The van der Waals surface area contributed by atoms with E-state index in [1.165, 1.54) is 0 Å². The van der Waals surface area contributed by atoms with Crippen LogP contribution in [0.25, 0.3) is 0 Å². The zero-order chi connectivity index (χ0) is 7.15. The van der Waals surface area contributed by atoms with Gasteiger partial charge in [0.25, 0.3) is 0 Å². The maximum absolute atomic E-state index is 8.58. The van der Waals surface area contributed by atoms with Crippen LogP contribution in [0.5, 0.6) is 0 Å². The maximum atomic E-state index is 8.58. The molecule has 0 aliphatic heterocycles. The molecule has 0 fully saturated rings. The first-order valence-electron chi connectivity index (χ1n) is 1.25. The Morgan fingerprint density at radius 3 is 1.00 bits per heavy atom. The molecule has 0 radical (unpaired) electrons. The summed E-state index contributed by atoms with van der Waals surface area (Å²) in [5, 5.41) is 15.2. The van der Waals surface area contributed by atoms with E-state index in [0.29, 0.717) is 0 Å². The molecule has 0 aliphatic carbocycles.